The number of nitrogens with one attached hydrogen (secondary N) is 2. The monoisotopic (exact) mass is 285 g/mol. The molecule has 0 spiro atoms. The van der Waals surface area contributed by atoms with E-state index in [4.69, 9.17) is 4.74 Å². The standard InChI is InChI=1S/C15H12FN3O2/c16-11-2-1-3-13(6-11)21-9-15(20)18-12-5-4-10-8-17-19-14(10)7-12/h1-8H,9H2,(H,17,19)(H,18,20). The van der Waals surface area contributed by atoms with E-state index in [1.165, 1.54) is 18.2 Å². The van der Waals surface area contributed by atoms with Crippen molar-refractivity contribution in [3.8, 4) is 5.75 Å². The molecule has 3 aromatic rings. The number of anilines is 1. The Morgan fingerprint density at radius 3 is 3.05 bits per heavy atom. The van der Waals surface area contributed by atoms with E-state index in [1.807, 2.05) is 6.07 Å². The van der Waals surface area contributed by atoms with Crippen molar-refractivity contribution in [1.29, 1.82) is 0 Å². The zero-order valence-corrected chi connectivity index (χ0v) is 11.0. The fourth-order valence-electron chi connectivity index (χ4n) is 1.92. The van der Waals surface area contributed by atoms with Crippen LogP contribution < -0.4 is 10.1 Å². The van der Waals surface area contributed by atoms with Crippen molar-refractivity contribution in [2.24, 2.45) is 0 Å². The second kappa shape index (κ2) is 5.62. The van der Waals surface area contributed by atoms with Crippen molar-refractivity contribution < 1.29 is 13.9 Å². The number of carbonyl (C=O) groups is 1. The van der Waals surface area contributed by atoms with Crippen LogP contribution in [0.4, 0.5) is 10.1 Å². The number of carbonyl (C=O) groups excluding carboxylic acids is 1. The number of halogens is 1. The van der Waals surface area contributed by atoms with Crippen LogP contribution in [0.1, 0.15) is 0 Å². The molecule has 0 fully saturated rings. The minimum atomic E-state index is -0.405. The molecule has 106 valence electrons. The number of hydrogen-bond acceptors (Lipinski definition) is 3. The molecule has 0 saturated heterocycles. The Morgan fingerprint density at radius 2 is 2.19 bits per heavy atom. The van der Waals surface area contributed by atoms with Gasteiger partial charge in [0.15, 0.2) is 6.61 Å². The second-order valence-electron chi connectivity index (χ2n) is 4.47. The van der Waals surface area contributed by atoms with Crippen molar-refractivity contribution in [2.75, 3.05) is 11.9 Å². The predicted octanol–water partition coefficient (Wildman–Crippen LogP) is 2.72. The number of nitrogens with zero attached hydrogens (tertiary/aromatic N) is 1. The highest BCUT2D eigenvalue weighted by molar-refractivity contribution is 5.94. The van der Waals surface area contributed by atoms with Crippen molar-refractivity contribution in [3.63, 3.8) is 0 Å². The fraction of sp³-hybridized carbons (Fsp3) is 0.0667. The Labute approximate surface area is 119 Å². The first-order valence-corrected chi connectivity index (χ1v) is 6.32. The Kier molecular flexibility index (Phi) is 3.51. The molecule has 0 radical (unpaired) electrons. The first kappa shape index (κ1) is 13.1. The molecule has 0 bridgehead atoms. The molecule has 6 heteroatoms. The maximum atomic E-state index is 13.0. The molecule has 2 aromatic carbocycles. The number of amides is 1. The maximum absolute atomic E-state index is 13.0. The van der Waals surface area contributed by atoms with E-state index in [1.54, 1.807) is 24.4 Å². The lowest BCUT2D eigenvalue weighted by Crippen LogP contribution is -2.20. The summed E-state index contributed by atoms with van der Waals surface area (Å²) in [6.45, 7) is -0.190. The summed E-state index contributed by atoms with van der Waals surface area (Å²) in [6.07, 6.45) is 1.70. The van der Waals surface area contributed by atoms with Crippen LogP contribution in [0.25, 0.3) is 10.9 Å². The number of fused-ring (bicyclic) bond motifs is 1. The molecular weight excluding hydrogens is 273 g/mol. The molecule has 0 aliphatic carbocycles. The van der Waals surface area contributed by atoms with Crippen LogP contribution in [-0.4, -0.2) is 22.7 Å². The normalized spacial score (nSPS) is 10.5. The van der Waals surface area contributed by atoms with Gasteiger partial charge in [-0.1, -0.05) is 6.07 Å². The molecule has 0 saturated carbocycles. The molecule has 1 heterocycles. The van der Waals surface area contributed by atoms with E-state index in [0.717, 1.165) is 10.9 Å². The first-order valence-electron chi connectivity index (χ1n) is 6.32. The van der Waals surface area contributed by atoms with Gasteiger partial charge in [-0.15, -0.1) is 0 Å². The average Bonchev–Trinajstić information content (AvgIpc) is 2.93. The Bertz CT molecular complexity index is 785. The zero-order chi connectivity index (χ0) is 14.7. The third-order valence-corrected chi connectivity index (χ3v) is 2.89. The number of H-pyrrole nitrogens is 1. The SMILES string of the molecule is O=C(COc1cccc(F)c1)Nc1ccc2cn[nH]c2c1. The minimum Gasteiger partial charge on any atom is -0.484 e. The third kappa shape index (κ3) is 3.17. The number of aromatic amines is 1. The number of ether oxygens (including phenoxy) is 1. The Hall–Kier alpha value is -2.89. The van der Waals surface area contributed by atoms with Crippen molar-refractivity contribution >= 4 is 22.5 Å². The van der Waals surface area contributed by atoms with Gasteiger partial charge in [0.05, 0.1) is 11.7 Å². The van der Waals surface area contributed by atoms with Gasteiger partial charge in [0.25, 0.3) is 5.91 Å². The topological polar surface area (TPSA) is 67.0 Å². The average molecular weight is 285 g/mol. The van der Waals surface area contributed by atoms with Gasteiger partial charge in [-0.2, -0.15) is 5.10 Å². The van der Waals surface area contributed by atoms with Crippen LogP contribution >= 0.6 is 0 Å². The maximum Gasteiger partial charge on any atom is 0.262 e. The lowest BCUT2D eigenvalue weighted by molar-refractivity contribution is -0.118. The highest BCUT2D eigenvalue weighted by atomic mass is 19.1. The van der Waals surface area contributed by atoms with Crippen LogP contribution in [0.2, 0.25) is 0 Å². The highest BCUT2D eigenvalue weighted by Gasteiger charge is 2.05. The fourth-order valence-corrected chi connectivity index (χ4v) is 1.92. The molecule has 1 aromatic heterocycles. The van der Waals surface area contributed by atoms with E-state index in [0.29, 0.717) is 11.4 Å². The van der Waals surface area contributed by atoms with Gasteiger partial charge in [-0.05, 0) is 30.3 Å². The summed E-state index contributed by atoms with van der Waals surface area (Å²) in [5.41, 5.74) is 1.47. The minimum absolute atomic E-state index is 0.190. The molecule has 21 heavy (non-hydrogen) atoms. The molecule has 1 amide bonds. The van der Waals surface area contributed by atoms with Crippen LogP contribution in [0.15, 0.2) is 48.7 Å². The van der Waals surface area contributed by atoms with Gasteiger partial charge in [0, 0.05) is 17.1 Å². The lowest BCUT2D eigenvalue weighted by atomic mass is 10.2. The van der Waals surface area contributed by atoms with Crippen molar-refractivity contribution in [3.05, 3.63) is 54.5 Å². The summed E-state index contributed by atoms with van der Waals surface area (Å²) in [5, 5.41) is 10.4. The van der Waals surface area contributed by atoms with E-state index in [-0.39, 0.29) is 12.5 Å². The summed E-state index contributed by atoms with van der Waals surface area (Å²) < 4.78 is 18.2. The number of rotatable bonds is 4. The smallest absolute Gasteiger partial charge is 0.262 e. The largest absolute Gasteiger partial charge is 0.484 e. The third-order valence-electron chi connectivity index (χ3n) is 2.89. The second-order valence-corrected chi connectivity index (χ2v) is 4.47. The zero-order valence-electron chi connectivity index (χ0n) is 11.0. The van der Waals surface area contributed by atoms with E-state index in [2.05, 4.69) is 15.5 Å². The van der Waals surface area contributed by atoms with Gasteiger partial charge >= 0.3 is 0 Å². The molecule has 0 aliphatic heterocycles. The van der Waals surface area contributed by atoms with E-state index in [9.17, 15) is 9.18 Å². The molecule has 0 aliphatic rings. The number of hydrogen-bond donors (Lipinski definition) is 2. The Balaban J connectivity index is 1.60. The van der Waals surface area contributed by atoms with E-state index < -0.39 is 5.82 Å². The van der Waals surface area contributed by atoms with Gasteiger partial charge in [0.2, 0.25) is 0 Å². The predicted molar refractivity (Wildman–Crippen MR) is 76.6 cm³/mol. The summed E-state index contributed by atoms with van der Waals surface area (Å²) in [7, 11) is 0. The van der Waals surface area contributed by atoms with Crippen molar-refractivity contribution in [2.45, 2.75) is 0 Å². The van der Waals surface area contributed by atoms with Gasteiger partial charge in [0.1, 0.15) is 11.6 Å². The summed E-state index contributed by atoms with van der Waals surface area (Å²) >= 11 is 0. The van der Waals surface area contributed by atoms with E-state index >= 15 is 0 Å². The molecule has 5 nitrogen and oxygen atoms in total. The van der Waals surface area contributed by atoms with Crippen LogP contribution in [0.5, 0.6) is 5.75 Å². The quantitative estimate of drug-likeness (QED) is 0.774. The molecule has 3 rings (SSSR count). The summed E-state index contributed by atoms with van der Waals surface area (Å²) in [6, 6.07) is 11.1. The number of benzene rings is 2. The summed E-state index contributed by atoms with van der Waals surface area (Å²) in [4.78, 5) is 11.8. The summed E-state index contributed by atoms with van der Waals surface area (Å²) in [5.74, 6) is -0.412. The lowest BCUT2D eigenvalue weighted by Gasteiger charge is -2.07. The molecule has 0 unspecified atom stereocenters. The van der Waals surface area contributed by atoms with Gasteiger partial charge in [-0.3, -0.25) is 9.89 Å². The number of aromatic nitrogens is 2. The van der Waals surface area contributed by atoms with Crippen molar-refractivity contribution in [1.82, 2.24) is 10.2 Å². The first-order chi connectivity index (χ1) is 10.2. The van der Waals surface area contributed by atoms with Crippen LogP contribution in [-0.2, 0) is 4.79 Å². The van der Waals surface area contributed by atoms with Gasteiger partial charge in [-0.25, -0.2) is 4.39 Å². The van der Waals surface area contributed by atoms with Gasteiger partial charge < -0.3 is 10.1 Å². The molecular formula is C15H12FN3O2. The van der Waals surface area contributed by atoms with Crippen LogP contribution in [0, 0.1) is 5.82 Å². The highest BCUT2D eigenvalue weighted by Crippen LogP contribution is 2.16. The van der Waals surface area contributed by atoms with Crippen LogP contribution in [0.3, 0.4) is 0 Å². The Morgan fingerprint density at radius 1 is 1.29 bits per heavy atom. The molecule has 0 atom stereocenters. The molecule has 2 N–H and O–H groups in total.